The van der Waals surface area contributed by atoms with Crippen molar-refractivity contribution in [1.29, 1.82) is 0 Å². The van der Waals surface area contributed by atoms with Gasteiger partial charge in [-0.25, -0.2) is 4.57 Å². The molecule has 30 heavy (non-hydrogen) atoms. The first-order valence-electron chi connectivity index (χ1n) is 9.10. The zero-order chi connectivity index (χ0) is 21.3. The van der Waals surface area contributed by atoms with Crippen LogP contribution in [0.25, 0.3) is 5.69 Å². The lowest BCUT2D eigenvalue weighted by molar-refractivity contribution is -0.739. The molecule has 2 atom stereocenters. The smallest absolute Gasteiger partial charge is 0.363 e. The SMILES string of the molecule is FC(F)(F)c1cc(-n2c[n+]3c(n2)CO[C@@H]2Cc4ccccc4C23)cc(C(F)(F)F)c1. The maximum atomic E-state index is 13.2. The van der Waals surface area contributed by atoms with Crippen molar-refractivity contribution in [2.45, 2.75) is 37.5 Å². The van der Waals surface area contributed by atoms with Crippen molar-refractivity contribution < 1.29 is 35.6 Å². The second kappa shape index (κ2) is 6.31. The van der Waals surface area contributed by atoms with Crippen molar-refractivity contribution in [3.63, 3.8) is 0 Å². The van der Waals surface area contributed by atoms with E-state index in [-0.39, 0.29) is 30.5 Å². The highest BCUT2D eigenvalue weighted by Gasteiger charge is 2.44. The summed E-state index contributed by atoms with van der Waals surface area (Å²) in [5, 5.41) is 4.22. The average Bonchev–Trinajstić information content (AvgIpc) is 3.27. The van der Waals surface area contributed by atoms with Crippen molar-refractivity contribution in [2.24, 2.45) is 0 Å². The molecule has 1 aliphatic heterocycles. The molecule has 1 unspecified atom stereocenters. The molecule has 0 amide bonds. The van der Waals surface area contributed by atoms with Crippen LogP contribution in [0.15, 0.2) is 48.8 Å². The number of hydrogen-bond acceptors (Lipinski definition) is 2. The van der Waals surface area contributed by atoms with Crippen molar-refractivity contribution in [1.82, 2.24) is 9.78 Å². The van der Waals surface area contributed by atoms with Crippen LogP contribution >= 0.6 is 0 Å². The highest BCUT2D eigenvalue weighted by molar-refractivity contribution is 5.42. The monoisotopic (exact) mass is 426 g/mol. The van der Waals surface area contributed by atoms with Gasteiger partial charge >= 0.3 is 18.2 Å². The number of aromatic nitrogens is 3. The van der Waals surface area contributed by atoms with Gasteiger partial charge in [-0.3, -0.25) is 0 Å². The predicted octanol–water partition coefficient (Wildman–Crippen LogP) is 4.24. The van der Waals surface area contributed by atoms with Crippen LogP contribution in [0.4, 0.5) is 26.3 Å². The number of halogens is 6. The van der Waals surface area contributed by atoms with Crippen molar-refractivity contribution >= 4 is 0 Å². The van der Waals surface area contributed by atoms with Gasteiger partial charge in [-0.2, -0.15) is 26.3 Å². The van der Waals surface area contributed by atoms with Crippen LogP contribution in [0.2, 0.25) is 0 Å². The van der Waals surface area contributed by atoms with E-state index < -0.39 is 23.5 Å². The third-order valence-corrected chi connectivity index (χ3v) is 5.47. The number of ether oxygens (including phenoxy) is 1. The number of alkyl halides is 6. The summed E-state index contributed by atoms with van der Waals surface area (Å²) in [4.78, 5) is 0. The van der Waals surface area contributed by atoms with E-state index in [0.717, 1.165) is 15.8 Å². The minimum absolute atomic E-state index is 0.104. The van der Waals surface area contributed by atoms with Crippen LogP contribution in [-0.2, 0) is 30.1 Å². The number of fused-ring (bicyclic) bond motifs is 5. The second-order valence-corrected chi connectivity index (χ2v) is 7.34. The first kappa shape index (κ1) is 19.1. The molecule has 0 N–H and O–H groups in total. The van der Waals surface area contributed by atoms with Gasteiger partial charge < -0.3 is 4.74 Å². The maximum Gasteiger partial charge on any atom is 0.416 e. The highest BCUT2D eigenvalue weighted by atomic mass is 19.4. The summed E-state index contributed by atoms with van der Waals surface area (Å²) < 4.78 is 87.9. The van der Waals surface area contributed by atoms with Crippen LogP contribution in [0.1, 0.15) is 34.1 Å². The summed E-state index contributed by atoms with van der Waals surface area (Å²) in [6.45, 7) is 0.118. The molecule has 156 valence electrons. The molecular weight excluding hydrogens is 412 g/mol. The molecule has 2 heterocycles. The Morgan fingerprint density at radius 2 is 1.63 bits per heavy atom. The molecule has 4 nitrogen and oxygen atoms in total. The zero-order valence-electron chi connectivity index (χ0n) is 15.2. The van der Waals surface area contributed by atoms with Gasteiger partial charge in [0.05, 0.1) is 11.1 Å². The fourth-order valence-corrected chi connectivity index (χ4v) is 4.12. The van der Waals surface area contributed by atoms with E-state index in [2.05, 4.69) is 5.10 Å². The van der Waals surface area contributed by atoms with E-state index in [1.807, 2.05) is 24.3 Å². The molecular formula is C20H14F6N3O+. The lowest BCUT2D eigenvalue weighted by Crippen LogP contribution is -2.51. The Morgan fingerprint density at radius 3 is 2.30 bits per heavy atom. The molecule has 2 aromatic carbocycles. The summed E-state index contributed by atoms with van der Waals surface area (Å²) in [6, 6.07) is 8.90. The summed E-state index contributed by atoms with van der Waals surface area (Å²) >= 11 is 0. The maximum absolute atomic E-state index is 13.2. The van der Waals surface area contributed by atoms with Gasteiger partial charge in [-0.1, -0.05) is 28.9 Å². The Morgan fingerprint density at radius 1 is 0.967 bits per heavy atom. The van der Waals surface area contributed by atoms with Crippen LogP contribution in [0.3, 0.4) is 0 Å². The normalized spacial score (nSPS) is 20.6. The molecule has 0 spiro atoms. The topological polar surface area (TPSA) is 30.9 Å². The van der Waals surface area contributed by atoms with E-state index in [9.17, 15) is 26.3 Å². The molecule has 0 saturated carbocycles. The number of rotatable bonds is 1. The van der Waals surface area contributed by atoms with Crippen molar-refractivity contribution in [3.05, 3.63) is 76.9 Å². The Labute approximate surface area is 166 Å². The molecule has 1 aromatic heterocycles. The number of hydrogen-bond donors (Lipinski definition) is 0. The molecule has 5 rings (SSSR count). The largest absolute Gasteiger partial charge is 0.416 e. The van der Waals surface area contributed by atoms with Gasteiger partial charge in [0.25, 0.3) is 0 Å². The van der Waals surface area contributed by atoms with E-state index >= 15 is 0 Å². The Hall–Kier alpha value is -2.88. The first-order chi connectivity index (χ1) is 14.1. The fourth-order valence-electron chi connectivity index (χ4n) is 4.12. The van der Waals surface area contributed by atoms with E-state index in [1.54, 1.807) is 4.57 Å². The van der Waals surface area contributed by atoms with Gasteiger partial charge in [-0.15, -0.1) is 0 Å². The molecule has 0 radical (unpaired) electrons. The average molecular weight is 426 g/mol. The summed E-state index contributed by atoms with van der Waals surface area (Å²) in [5.41, 5.74) is -0.980. The third-order valence-electron chi connectivity index (χ3n) is 5.47. The van der Waals surface area contributed by atoms with Gasteiger partial charge in [0.1, 0.15) is 24.4 Å². The summed E-state index contributed by atoms with van der Waals surface area (Å²) in [6.07, 6.45) is -7.89. The minimum atomic E-state index is -4.92. The summed E-state index contributed by atoms with van der Waals surface area (Å²) in [5.74, 6) is 0.430. The summed E-state index contributed by atoms with van der Waals surface area (Å²) in [7, 11) is 0. The highest BCUT2D eigenvalue weighted by Crippen LogP contribution is 2.38. The Bertz CT molecular complexity index is 1100. The van der Waals surface area contributed by atoms with Crippen LogP contribution in [0, 0.1) is 0 Å². The first-order valence-corrected chi connectivity index (χ1v) is 9.10. The molecule has 2 aliphatic rings. The third kappa shape index (κ3) is 3.06. The molecule has 0 saturated heterocycles. The van der Waals surface area contributed by atoms with Crippen LogP contribution in [-0.4, -0.2) is 15.9 Å². The van der Waals surface area contributed by atoms with Gasteiger partial charge in [0, 0.05) is 11.5 Å². The van der Waals surface area contributed by atoms with E-state index in [4.69, 9.17) is 4.74 Å². The molecule has 0 fully saturated rings. The quantitative estimate of drug-likeness (QED) is 0.431. The number of benzene rings is 2. The Balaban J connectivity index is 1.63. The molecule has 1 aliphatic carbocycles. The zero-order valence-corrected chi connectivity index (χ0v) is 15.2. The van der Waals surface area contributed by atoms with E-state index in [1.165, 1.54) is 6.33 Å². The van der Waals surface area contributed by atoms with E-state index in [0.29, 0.717) is 24.4 Å². The van der Waals surface area contributed by atoms with Gasteiger partial charge in [0.2, 0.25) is 6.33 Å². The van der Waals surface area contributed by atoms with Gasteiger partial charge in [-0.05, 0) is 29.3 Å². The molecule has 0 bridgehead atoms. The van der Waals surface area contributed by atoms with Crippen LogP contribution in [0.5, 0.6) is 0 Å². The standard InChI is InChI=1S/C20H14F6N3O/c21-19(22,23)12-6-13(20(24,25)26)8-14(7-12)29-10-28-17(27-29)9-30-16-5-11-3-1-2-4-15(11)18(16)28/h1-4,6-8,10,16,18H,5,9H2/q+1/t16-,18?/m1/s1. The second-order valence-electron chi connectivity index (χ2n) is 7.34. The van der Waals surface area contributed by atoms with Crippen molar-refractivity contribution in [2.75, 3.05) is 0 Å². The van der Waals surface area contributed by atoms with Crippen molar-refractivity contribution in [3.8, 4) is 5.69 Å². The Kier molecular flexibility index (Phi) is 4.02. The lowest BCUT2D eigenvalue weighted by Gasteiger charge is -2.23. The predicted molar refractivity (Wildman–Crippen MR) is 90.6 cm³/mol. The molecule has 3 aromatic rings. The lowest BCUT2D eigenvalue weighted by atomic mass is 10.1. The fraction of sp³-hybridized carbons (Fsp3) is 0.300. The number of nitrogens with zero attached hydrogens (tertiary/aromatic N) is 3. The van der Waals surface area contributed by atoms with Gasteiger partial charge in [0.15, 0.2) is 0 Å². The van der Waals surface area contributed by atoms with Crippen LogP contribution < -0.4 is 4.57 Å². The molecule has 10 heteroatoms. The minimum Gasteiger partial charge on any atom is -0.363 e.